The number of carbonyl (C=O) groups is 1. The Labute approximate surface area is 82.4 Å². The van der Waals surface area contributed by atoms with Crippen molar-refractivity contribution in [3.63, 3.8) is 0 Å². The van der Waals surface area contributed by atoms with Crippen LogP contribution in [0.1, 0.15) is 6.42 Å². The number of para-hydroxylation sites is 2. The number of rotatable bonds is 2. The molecule has 0 saturated carbocycles. The van der Waals surface area contributed by atoms with E-state index in [-0.39, 0.29) is 5.91 Å². The first-order chi connectivity index (χ1) is 6.81. The zero-order valence-corrected chi connectivity index (χ0v) is 7.99. The highest BCUT2D eigenvalue weighted by Crippen LogP contribution is 2.27. The predicted molar refractivity (Wildman–Crippen MR) is 53.1 cm³/mol. The molecule has 14 heavy (non-hydrogen) atoms. The molecule has 1 saturated heterocycles. The van der Waals surface area contributed by atoms with Crippen molar-refractivity contribution in [2.75, 3.05) is 18.7 Å². The molecule has 0 radical (unpaired) electrons. The van der Waals surface area contributed by atoms with E-state index in [2.05, 4.69) is 5.43 Å². The summed E-state index contributed by atoms with van der Waals surface area (Å²) in [6.07, 6.45) is 0.540. The fraction of sp³-hybridized carbons (Fsp3) is 0.300. The maximum absolute atomic E-state index is 11.0. The molecule has 1 aliphatic heterocycles. The van der Waals surface area contributed by atoms with E-state index < -0.39 is 0 Å². The van der Waals surface area contributed by atoms with Crippen molar-refractivity contribution < 1.29 is 9.53 Å². The van der Waals surface area contributed by atoms with Crippen LogP contribution in [0.5, 0.6) is 5.75 Å². The van der Waals surface area contributed by atoms with Gasteiger partial charge >= 0.3 is 0 Å². The number of anilines is 1. The number of benzene rings is 1. The number of nitrogens with zero attached hydrogens (tertiary/aromatic N) is 1. The average Bonchev–Trinajstić information content (AvgIpc) is 2.65. The molecule has 74 valence electrons. The Morgan fingerprint density at radius 3 is 2.86 bits per heavy atom. The monoisotopic (exact) mass is 192 g/mol. The molecule has 1 heterocycles. The van der Waals surface area contributed by atoms with Gasteiger partial charge in [-0.3, -0.25) is 15.2 Å². The molecule has 0 bridgehead atoms. The molecule has 1 fully saturated rings. The lowest BCUT2D eigenvalue weighted by Gasteiger charge is -2.19. The largest absolute Gasteiger partial charge is 0.495 e. The van der Waals surface area contributed by atoms with Crippen molar-refractivity contribution in [2.24, 2.45) is 0 Å². The quantitative estimate of drug-likeness (QED) is 0.758. The minimum Gasteiger partial charge on any atom is -0.495 e. The summed E-state index contributed by atoms with van der Waals surface area (Å²) in [5.74, 6) is 0.825. The second-order valence-electron chi connectivity index (χ2n) is 3.11. The van der Waals surface area contributed by atoms with Crippen LogP contribution in [0.3, 0.4) is 0 Å². The second-order valence-corrected chi connectivity index (χ2v) is 3.11. The molecule has 1 aromatic rings. The van der Waals surface area contributed by atoms with E-state index in [0.717, 1.165) is 11.4 Å². The minimum absolute atomic E-state index is 0.0518. The standard InChI is InChI=1S/C10H12N2O2/c1-14-9-5-3-2-4-8(9)12-7-6-10(13)11-12/h2-5H,6-7H2,1H3,(H,11,13). The molecule has 1 aromatic carbocycles. The third-order valence-corrected chi connectivity index (χ3v) is 2.20. The lowest BCUT2D eigenvalue weighted by molar-refractivity contribution is -0.119. The zero-order valence-electron chi connectivity index (χ0n) is 7.99. The van der Waals surface area contributed by atoms with E-state index in [4.69, 9.17) is 4.74 Å². The van der Waals surface area contributed by atoms with Gasteiger partial charge in [-0.2, -0.15) is 0 Å². The molecule has 0 atom stereocenters. The van der Waals surface area contributed by atoms with Crippen molar-refractivity contribution in [1.29, 1.82) is 0 Å². The van der Waals surface area contributed by atoms with Crippen molar-refractivity contribution in [1.82, 2.24) is 5.43 Å². The summed E-state index contributed by atoms with van der Waals surface area (Å²) in [5.41, 5.74) is 3.66. The maximum atomic E-state index is 11.0. The van der Waals surface area contributed by atoms with Crippen LogP contribution < -0.4 is 15.2 Å². The number of amides is 1. The lowest BCUT2D eigenvalue weighted by Crippen LogP contribution is -2.33. The number of hydrogen-bond donors (Lipinski definition) is 1. The highest BCUT2D eigenvalue weighted by atomic mass is 16.5. The Bertz CT molecular complexity index is 352. The molecule has 4 nitrogen and oxygen atoms in total. The summed E-state index contributed by atoms with van der Waals surface area (Å²) < 4.78 is 5.20. The number of carbonyl (C=O) groups excluding carboxylic acids is 1. The molecule has 1 amide bonds. The first-order valence-corrected chi connectivity index (χ1v) is 4.51. The van der Waals surface area contributed by atoms with Gasteiger partial charge in [-0.05, 0) is 12.1 Å². The van der Waals surface area contributed by atoms with Gasteiger partial charge in [-0.1, -0.05) is 12.1 Å². The third kappa shape index (κ3) is 1.51. The van der Waals surface area contributed by atoms with E-state index in [1.807, 2.05) is 24.3 Å². The van der Waals surface area contributed by atoms with E-state index in [0.29, 0.717) is 13.0 Å². The smallest absolute Gasteiger partial charge is 0.240 e. The number of ether oxygens (including phenoxy) is 1. The van der Waals surface area contributed by atoms with E-state index in [1.54, 1.807) is 12.1 Å². The zero-order chi connectivity index (χ0) is 9.97. The van der Waals surface area contributed by atoms with Gasteiger partial charge in [-0.15, -0.1) is 0 Å². The Kier molecular flexibility index (Phi) is 2.26. The SMILES string of the molecule is COc1ccccc1N1CCC(=O)N1. The van der Waals surface area contributed by atoms with Gasteiger partial charge in [0.15, 0.2) is 0 Å². The highest BCUT2D eigenvalue weighted by molar-refractivity contribution is 5.82. The molecule has 4 heteroatoms. The van der Waals surface area contributed by atoms with E-state index in [1.165, 1.54) is 0 Å². The van der Waals surface area contributed by atoms with Crippen molar-refractivity contribution in [3.8, 4) is 5.75 Å². The topological polar surface area (TPSA) is 41.6 Å². The molecular weight excluding hydrogens is 180 g/mol. The van der Waals surface area contributed by atoms with Crippen molar-refractivity contribution in [3.05, 3.63) is 24.3 Å². The lowest BCUT2D eigenvalue weighted by atomic mass is 10.3. The summed E-state index contributed by atoms with van der Waals surface area (Å²) in [6, 6.07) is 7.62. The van der Waals surface area contributed by atoms with E-state index >= 15 is 0 Å². The molecule has 1 aliphatic rings. The molecule has 0 unspecified atom stereocenters. The van der Waals surface area contributed by atoms with Gasteiger partial charge < -0.3 is 4.74 Å². The summed E-state index contributed by atoms with van der Waals surface area (Å²) >= 11 is 0. The number of nitrogens with one attached hydrogen (secondary N) is 1. The van der Waals surface area contributed by atoms with Crippen LogP contribution in [0.2, 0.25) is 0 Å². The van der Waals surface area contributed by atoms with Gasteiger partial charge in [-0.25, -0.2) is 0 Å². The average molecular weight is 192 g/mol. The van der Waals surface area contributed by atoms with Crippen molar-refractivity contribution in [2.45, 2.75) is 6.42 Å². The number of methoxy groups -OCH3 is 1. The Hall–Kier alpha value is -1.71. The Morgan fingerprint density at radius 1 is 1.43 bits per heavy atom. The highest BCUT2D eigenvalue weighted by Gasteiger charge is 2.20. The van der Waals surface area contributed by atoms with Crippen LogP contribution in [0, 0.1) is 0 Å². The fourth-order valence-corrected chi connectivity index (χ4v) is 1.51. The van der Waals surface area contributed by atoms with Gasteiger partial charge in [0.1, 0.15) is 5.75 Å². The third-order valence-electron chi connectivity index (χ3n) is 2.20. The Morgan fingerprint density at radius 2 is 2.21 bits per heavy atom. The Balaban J connectivity index is 2.27. The van der Waals surface area contributed by atoms with Crippen LogP contribution in [0.4, 0.5) is 5.69 Å². The second kappa shape index (κ2) is 3.57. The first kappa shape index (κ1) is 8.87. The van der Waals surface area contributed by atoms with Gasteiger partial charge in [0.2, 0.25) is 5.91 Å². The summed E-state index contributed by atoms with van der Waals surface area (Å²) in [6.45, 7) is 0.694. The molecular formula is C10H12N2O2. The first-order valence-electron chi connectivity index (χ1n) is 4.51. The number of hydrazine groups is 1. The van der Waals surface area contributed by atoms with Crippen LogP contribution >= 0.6 is 0 Å². The summed E-state index contributed by atoms with van der Waals surface area (Å²) in [7, 11) is 1.62. The number of hydrogen-bond acceptors (Lipinski definition) is 3. The van der Waals surface area contributed by atoms with Gasteiger partial charge in [0, 0.05) is 13.0 Å². The van der Waals surface area contributed by atoms with Crippen LogP contribution in [-0.4, -0.2) is 19.6 Å². The van der Waals surface area contributed by atoms with Crippen LogP contribution in [-0.2, 0) is 4.79 Å². The normalized spacial score (nSPS) is 15.5. The molecule has 2 rings (SSSR count). The molecule has 0 aromatic heterocycles. The molecule has 1 N–H and O–H groups in total. The minimum atomic E-state index is 0.0518. The van der Waals surface area contributed by atoms with Crippen LogP contribution in [0.25, 0.3) is 0 Å². The molecule has 0 spiro atoms. The predicted octanol–water partition coefficient (Wildman–Crippen LogP) is 0.936. The maximum Gasteiger partial charge on any atom is 0.240 e. The van der Waals surface area contributed by atoms with Crippen LogP contribution in [0.15, 0.2) is 24.3 Å². The fourth-order valence-electron chi connectivity index (χ4n) is 1.51. The molecule has 0 aliphatic carbocycles. The summed E-state index contributed by atoms with van der Waals surface area (Å²) in [5, 5.41) is 1.81. The van der Waals surface area contributed by atoms with Crippen molar-refractivity contribution >= 4 is 11.6 Å². The van der Waals surface area contributed by atoms with Gasteiger partial charge in [0.25, 0.3) is 0 Å². The summed E-state index contributed by atoms with van der Waals surface area (Å²) in [4.78, 5) is 11.0. The van der Waals surface area contributed by atoms with E-state index in [9.17, 15) is 4.79 Å². The van der Waals surface area contributed by atoms with Gasteiger partial charge in [0.05, 0.1) is 12.8 Å².